The molecule has 2 aromatic carbocycles. The van der Waals surface area contributed by atoms with Crippen molar-refractivity contribution in [2.75, 3.05) is 17.4 Å². The molecule has 222 valence electrons. The van der Waals surface area contributed by atoms with Crippen molar-refractivity contribution in [3.63, 3.8) is 0 Å². The van der Waals surface area contributed by atoms with E-state index < -0.39 is 35.1 Å². The van der Waals surface area contributed by atoms with Crippen LogP contribution in [0.25, 0.3) is 16.9 Å². The summed E-state index contributed by atoms with van der Waals surface area (Å²) in [6.45, 7) is 0.831. The minimum Gasteiger partial charge on any atom is -0.331 e. The lowest BCUT2D eigenvalue weighted by molar-refractivity contribution is -0.137. The second-order valence-electron chi connectivity index (χ2n) is 9.48. The maximum absolute atomic E-state index is 13.7. The predicted octanol–water partition coefficient (Wildman–Crippen LogP) is 5.25. The Balaban J connectivity index is 1.73. The molecular formula is C26H24Cl2F3N7O3S. The second kappa shape index (κ2) is 12.3. The third kappa shape index (κ3) is 6.41. The van der Waals surface area contributed by atoms with Crippen LogP contribution in [0, 0.1) is 0 Å². The van der Waals surface area contributed by atoms with Crippen LogP contribution < -0.4 is 9.73 Å². The summed E-state index contributed by atoms with van der Waals surface area (Å²) in [4.78, 5) is 20.3. The molecule has 0 aliphatic carbocycles. The van der Waals surface area contributed by atoms with Gasteiger partial charge in [0.2, 0.25) is 10.9 Å². The summed E-state index contributed by atoms with van der Waals surface area (Å²) in [5, 5.41) is 6.78. The van der Waals surface area contributed by atoms with Gasteiger partial charge in [0.25, 0.3) is 5.91 Å². The van der Waals surface area contributed by atoms with E-state index in [-0.39, 0.29) is 39.0 Å². The molecule has 5 rings (SSSR count). The number of hydrazine groups is 1. The largest absolute Gasteiger partial charge is 0.416 e. The number of hydrogen-bond acceptors (Lipinski definition) is 6. The minimum absolute atomic E-state index is 0.115. The number of piperidine rings is 1. The lowest BCUT2D eigenvalue weighted by Crippen LogP contribution is -2.45. The van der Waals surface area contributed by atoms with Crippen molar-refractivity contribution >= 4 is 45.8 Å². The Bertz CT molecular complexity index is 1640. The zero-order chi connectivity index (χ0) is 30.0. The Hall–Kier alpha value is -3.59. The van der Waals surface area contributed by atoms with Gasteiger partial charge in [-0.1, -0.05) is 41.8 Å². The number of hydrogen-bond donors (Lipinski definition) is 3. The first-order chi connectivity index (χ1) is 20.0. The standard InChI is InChI=1S/C26H24Cl2F3N7O3S/c27-18-8-9-21(20(28)12-18)38-24(16-4-6-17(7-5-16)26(29,30)31)19(14-37(42(40)41)22-13-32-15-33-22)23(34-38)25(39)35-36-10-2-1-3-11-36/h4-9,12-13,15,42H,1-3,10-11,14H2,(H,32,33)(H,35,39). The van der Waals surface area contributed by atoms with Gasteiger partial charge in [-0.25, -0.2) is 23.1 Å². The van der Waals surface area contributed by atoms with Gasteiger partial charge in [0.1, 0.15) is 5.82 Å². The molecule has 3 heterocycles. The van der Waals surface area contributed by atoms with Gasteiger partial charge < -0.3 is 4.98 Å². The van der Waals surface area contributed by atoms with Crippen LogP contribution in [-0.2, 0) is 23.6 Å². The van der Waals surface area contributed by atoms with Gasteiger partial charge in [-0.3, -0.25) is 14.5 Å². The van der Waals surface area contributed by atoms with Crippen LogP contribution in [0.2, 0.25) is 10.0 Å². The molecule has 2 N–H and O–H groups in total. The molecular weight excluding hydrogens is 618 g/mol. The van der Waals surface area contributed by atoms with Crippen LogP contribution in [-0.4, -0.2) is 52.2 Å². The van der Waals surface area contributed by atoms with Crippen molar-refractivity contribution in [2.45, 2.75) is 32.0 Å². The number of amides is 1. The average molecular weight is 642 g/mol. The third-order valence-electron chi connectivity index (χ3n) is 6.70. The molecule has 0 bridgehead atoms. The molecule has 0 saturated carbocycles. The summed E-state index contributed by atoms with van der Waals surface area (Å²) in [6, 6.07) is 8.79. The van der Waals surface area contributed by atoms with Crippen molar-refractivity contribution in [3.8, 4) is 16.9 Å². The number of benzene rings is 2. The highest BCUT2D eigenvalue weighted by Gasteiger charge is 2.32. The van der Waals surface area contributed by atoms with Crippen LogP contribution in [0.4, 0.5) is 19.0 Å². The maximum atomic E-state index is 13.7. The van der Waals surface area contributed by atoms with Crippen molar-refractivity contribution in [1.82, 2.24) is 30.2 Å². The number of thiol groups is 1. The minimum atomic E-state index is -4.58. The number of carbonyl (C=O) groups is 1. The van der Waals surface area contributed by atoms with Gasteiger partial charge in [-0.2, -0.15) is 18.3 Å². The highest BCUT2D eigenvalue weighted by molar-refractivity contribution is 7.74. The Morgan fingerprint density at radius 1 is 1.07 bits per heavy atom. The van der Waals surface area contributed by atoms with Gasteiger partial charge in [-0.15, -0.1) is 0 Å². The van der Waals surface area contributed by atoms with Crippen LogP contribution in [0.5, 0.6) is 0 Å². The number of rotatable bonds is 8. The number of nitrogens with zero attached hydrogens (tertiary/aromatic N) is 5. The monoisotopic (exact) mass is 641 g/mol. The Morgan fingerprint density at radius 2 is 1.79 bits per heavy atom. The fourth-order valence-electron chi connectivity index (χ4n) is 4.70. The van der Waals surface area contributed by atoms with E-state index >= 15 is 0 Å². The molecule has 0 radical (unpaired) electrons. The topological polar surface area (TPSA) is 116 Å². The van der Waals surface area contributed by atoms with Crippen LogP contribution in [0.3, 0.4) is 0 Å². The molecule has 42 heavy (non-hydrogen) atoms. The van der Waals surface area contributed by atoms with Crippen LogP contribution in [0.15, 0.2) is 55.0 Å². The fraction of sp³-hybridized carbons (Fsp3) is 0.269. The summed E-state index contributed by atoms with van der Waals surface area (Å²) < 4.78 is 67.2. The molecule has 0 atom stereocenters. The molecule has 16 heteroatoms. The van der Waals surface area contributed by atoms with Crippen molar-refractivity contribution in [2.24, 2.45) is 0 Å². The zero-order valence-electron chi connectivity index (χ0n) is 21.7. The first-order valence-electron chi connectivity index (χ1n) is 12.7. The molecule has 2 aromatic heterocycles. The number of anilines is 1. The molecule has 1 saturated heterocycles. The molecule has 1 amide bonds. The lowest BCUT2D eigenvalue weighted by atomic mass is 10.0. The first kappa shape index (κ1) is 29.9. The molecule has 10 nitrogen and oxygen atoms in total. The van der Waals surface area contributed by atoms with E-state index in [1.165, 1.54) is 35.4 Å². The number of alkyl halides is 3. The van der Waals surface area contributed by atoms with E-state index in [9.17, 15) is 26.4 Å². The number of imidazole rings is 1. The second-order valence-corrected chi connectivity index (χ2v) is 11.3. The maximum Gasteiger partial charge on any atom is 0.416 e. The summed E-state index contributed by atoms with van der Waals surface area (Å²) in [5.41, 5.74) is 2.62. The van der Waals surface area contributed by atoms with Crippen LogP contribution >= 0.6 is 23.2 Å². The molecule has 1 fully saturated rings. The van der Waals surface area contributed by atoms with E-state index in [0.29, 0.717) is 18.1 Å². The number of nitrogens with one attached hydrogen (secondary N) is 2. The molecule has 4 aromatic rings. The number of aromatic amines is 1. The van der Waals surface area contributed by atoms with Crippen molar-refractivity contribution in [1.29, 1.82) is 0 Å². The predicted molar refractivity (Wildman–Crippen MR) is 152 cm³/mol. The Labute approximate surface area is 250 Å². The van der Waals surface area contributed by atoms with Gasteiger partial charge in [0, 0.05) is 29.2 Å². The molecule has 0 unspecified atom stereocenters. The zero-order valence-corrected chi connectivity index (χ0v) is 24.1. The van der Waals surface area contributed by atoms with Crippen molar-refractivity contribution < 1.29 is 26.4 Å². The van der Waals surface area contributed by atoms with E-state index in [1.807, 2.05) is 0 Å². The smallest absolute Gasteiger partial charge is 0.331 e. The number of H-pyrrole nitrogens is 1. The Kier molecular flexibility index (Phi) is 8.78. The van der Waals surface area contributed by atoms with E-state index in [2.05, 4.69) is 20.5 Å². The number of aromatic nitrogens is 4. The molecule has 0 spiro atoms. The summed E-state index contributed by atoms with van der Waals surface area (Å²) in [6.07, 6.45) is 0.774. The van der Waals surface area contributed by atoms with Gasteiger partial charge in [-0.05, 0) is 43.2 Å². The van der Waals surface area contributed by atoms with Crippen LogP contribution in [0.1, 0.15) is 40.9 Å². The van der Waals surface area contributed by atoms with E-state index in [4.69, 9.17) is 23.2 Å². The molecule has 1 aliphatic heterocycles. The normalized spacial score (nSPS) is 14.3. The quantitative estimate of drug-likeness (QED) is 0.226. The lowest BCUT2D eigenvalue weighted by Gasteiger charge is -2.26. The molecule has 1 aliphatic rings. The summed E-state index contributed by atoms with van der Waals surface area (Å²) >= 11 is 12.6. The highest BCUT2D eigenvalue weighted by Crippen LogP contribution is 2.36. The fourth-order valence-corrected chi connectivity index (χ4v) is 5.73. The summed E-state index contributed by atoms with van der Waals surface area (Å²) in [5.74, 6) is -0.501. The summed E-state index contributed by atoms with van der Waals surface area (Å²) in [7, 11) is -3.25. The van der Waals surface area contributed by atoms with Gasteiger partial charge >= 0.3 is 6.18 Å². The SMILES string of the molecule is O=C(NN1CCCCC1)c1nn(-c2ccc(Cl)cc2Cl)c(-c2ccc(C(F)(F)F)cc2)c1CN(c1cnc[nH]1)[SH](=O)=O. The van der Waals surface area contributed by atoms with Gasteiger partial charge in [0.05, 0.1) is 41.0 Å². The average Bonchev–Trinajstić information content (AvgIpc) is 3.60. The highest BCUT2D eigenvalue weighted by atomic mass is 35.5. The third-order valence-corrected chi connectivity index (χ3v) is 7.99. The Morgan fingerprint density at radius 3 is 2.38 bits per heavy atom. The number of carbonyl (C=O) groups excluding carboxylic acids is 1. The van der Waals surface area contributed by atoms with E-state index in [1.54, 1.807) is 17.1 Å². The van der Waals surface area contributed by atoms with Gasteiger partial charge in [0.15, 0.2) is 5.69 Å². The van der Waals surface area contributed by atoms with E-state index in [0.717, 1.165) is 35.7 Å². The number of halogens is 5. The van der Waals surface area contributed by atoms with Crippen molar-refractivity contribution in [3.05, 3.63) is 81.9 Å². The first-order valence-corrected chi connectivity index (χ1v) is 14.6.